The average Bonchev–Trinajstić information content (AvgIpc) is 2.68. The molecule has 0 bridgehead atoms. The van der Waals surface area contributed by atoms with Crippen molar-refractivity contribution in [1.82, 2.24) is 15.2 Å². The van der Waals surface area contributed by atoms with Crippen LogP contribution in [0.15, 0.2) is 58.6 Å². The summed E-state index contributed by atoms with van der Waals surface area (Å²) in [4.78, 5) is 13.6. The molecular formula is C18H16ClN5O3. The fourth-order valence-corrected chi connectivity index (χ4v) is 2.28. The number of rotatable bonds is 7. The second-order valence-corrected chi connectivity index (χ2v) is 5.81. The number of aromatic amines is 1. The zero-order chi connectivity index (χ0) is 19.1. The van der Waals surface area contributed by atoms with Crippen LogP contribution in [0.2, 0.25) is 5.02 Å². The first-order chi connectivity index (χ1) is 13.1. The van der Waals surface area contributed by atoms with Crippen molar-refractivity contribution < 1.29 is 9.47 Å². The van der Waals surface area contributed by atoms with Crippen LogP contribution in [-0.2, 0) is 6.61 Å². The van der Waals surface area contributed by atoms with Gasteiger partial charge in [0.1, 0.15) is 12.8 Å². The molecule has 0 saturated carbocycles. The highest BCUT2D eigenvalue weighted by molar-refractivity contribution is 6.30. The van der Waals surface area contributed by atoms with E-state index in [2.05, 4.69) is 25.7 Å². The average molecular weight is 386 g/mol. The fraction of sp³-hybridized carbons (Fsp3) is 0.111. The highest BCUT2D eigenvalue weighted by atomic mass is 35.5. The predicted octanol–water partition coefficient (Wildman–Crippen LogP) is 2.85. The lowest BCUT2D eigenvalue weighted by molar-refractivity contribution is 0.284. The zero-order valence-electron chi connectivity index (χ0n) is 14.3. The van der Waals surface area contributed by atoms with Gasteiger partial charge in [-0.15, -0.1) is 10.2 Å². The van der Waals surface area contributed by atoms with Crippen LogP contribution in [0.4, 0.5) is 5.95 Å². The van der Waals surface area contributed by atoms with Gasteiger partial charge in [0.2, 0.25) is 5.95 Å². The first-order valence-electron chi connectivity index (χ1n) is 7.90. The van der Waals surface area contributed by atoms with E-state index in [4.69, 9.17) is 21.1 Å². The van der Waals surface area contributed by atoms with Crippen LogP contribution >= 0.6 is 11.6 Å². The highest BCUT2D eigenvalue weighted by Gasteiger charge is 2.06. The molecule has 27 heavy (non-hydrogen) atoms. The van der Waals surface area contributed by atoms with E-state index in [1.165, 1.54) is 0 Å². The van der Waals surface area contributed by atoms with Gasteiger partial charge < -0.3 is 9.47 Å². The van der Waals surface area contributed by atoms with Gasteiger partial charge in [0.25, 0.3) is 5.56 Å². The summed E-state index contributed by atoms with van der Waals surface area (Å²) in [5, 5.41) is 11.9. The van der Waals surface area contributed by atoms with Gasteiger partial charge >= 0.3 is 0 Å². The first-order valence-corrected chi connectivity index (χ1v) is 8.28. The number of aromatic nitrogens is 3. The van der Waals surface area contributed by atoms with Gasteiger partial charge in [-0.05, 0) is 41.5 Å². The molecule has 2 aromatic carbocycles. The Morgan fingerprint density at radius 3 is 2.78 bits per heavy atom. The standard InChI is InChI=1S/C18H16ClN5O3/c1-26-16-8-13(9-20-23-18-22-17(25)10-21-24-18)4-7-15(16)27-11-12-2-5-14(19)6-3-12/h2-10H,11H2,1H3,(H2,22,23,24,25)/b20-9+. The summed E-state index contributed by atoms with van der Waals surface area (Å²) in [6.07, 6.45) is 2.63. The number of hydrogen-bond donors (Lipinski definition) is 2. The van der Waals surface area contributed by atoms with E-state index in [9.17, 15) is 4.79 Å². The van der Waals surface area contributed by atoms with Crippen molar-refractivity contribution in [1.29, 1.82) is 0 Å². The third-order valence-corrected chi connectivity index (χ3v) is 3.71. The molecule has 0 aliphatic heterocycles. The monoisotopic (exact) mass is 385 g/mol. The molecule has 0 radical (unpaired) electrons. The zero-order valence-corrected chi connectivity index (χ0v) is 15.1. The van der Waals surface area contributed by atoms with Gasteiger partial charge in [-0.1, -0.05) is 23.7 Å². The van der Waals surface area contributed by atoms with Gasteiger partial charge in [0, 0.05) is 5.02 Å². The number of anilines is 1. The second-order valence-electron chi connectivity index (χ2n) is 5.38. The molecule has 1 heterocycles. The summed E-state index contributed by atoms with van der Waals surface area (Å²) in [6, 6.07) is 12.8. The first kappa shape index (κ1) is 18.4. The number of nitrogens with zero attached hydrogens (tertiary/aromatic N) is 3. The maximum Gasteiger partial charge on any atom is 0.271 e. The van der Waals surface area contributed by atoms with Crippen LogP contribution in [0.5, 0.6) is 11.5 Å². The minimum Gasteiger partial charge on any atom is -0.493 e. The topological polar surface area (TPSA) is 101 Å². The lowest BCUT2D eigenvalue weighted by Crippen LogP contribution is -2.10. The van der Waals surface area contributed by atoms with E-state index in [-0.39, 0.29) is 11.5 Å². The van der Waals surface area contributed by atoms with Crippen LogP contribution in [0.3, 0.4) is 0 Å². The number of hydrazone groups is 1. The Morgan fingerprint density at radius 1 is 1.22 bits per heavy atom. The largest absolute Gasteiger partial charge is 0.493 e. The lowest BCUT2D eigenvalue weighted by Gasteiger charge is -2.11. The predicted molar refractivity (Wildman–Crippen MR) is 103 cm³/mol. The summed E-state index contributed by atoms with van der Waals surface area (Å²) in [7, 11) is 1.56. The van der Waals surface area contributed by atoms with Crippen LogP contribution in [0.25, 0.3) is 0 Å². The molecule has 0 atom stereocenters. The molecule has 0 fully saturated rings. The van der Waals surface area contributed by atoms with Gasteiger partial charge in [0.15, 0.2) is 11.5 Å². The summed E-state index contributed by atoms with van der Waals surface area (Å²) in [5.74, 6) is 1.32. The fourth-order valence-electron chi connectivity index (χ4n) is 2.16. The van der Waals surface area contributed by atoms with Crippen molar-refractivity contribution >= 4 is 23.8 Å². The Labute approximate surface area is 159 Å². The van der Waals surface area contributed by atoms with Gasteiger partial charge in [-0.3, -0.25) is 9.78 Å². The molecule has 0 saturated heterocycles. The van der Waals surface area contributed by atoms with Crippen LogP contribution < -0.4 is 20.5 Å². The van der Waals surface area contributed by atoms with Gasteiger partial charge in [0.05, 0.1) is 13.3 Å². The number of methoxy groups -OCH3 is 1. The summed E-state index contributed by atoms with van der Waals surface area (Å²) in [6.45, 7) is 0.391. The van der Waals surface area contributed by atoms with E-state index >= 15 is 0 Å². The van der Waals surface area contributed by atoms with Gasteiger partial charge in [-0.2, -0.15) is 5.10 Å². The maximum atomic E-state index is 11.1. The SMILES string of the molecule is COc1cc(/C=N/Nc2nncc(=O)[nH]2)ccc1OCc1ccc(Cl)cc1. The second kappa shape index (κ2) is 8.81. The molecule has 8 nitrogen and oxygen atoms in total. The normalized spacial score (nSPS) is 10.7. The van der Waals surface area contributed by atoms with E-state index in [0.29, 0.717) is 23.1 Å². The van der Waals surface area contributed by atoms with Crippen molar-refractivity contribution in [3.8, 4) is 11.5 Å². The molecule has 1 aromatic heterocycles. The maximum absolute atomic E-state index is 11.1. The molecule has 0 aliphatic carbocycles. The van der Waals surface area contributed by atoms with E-state index in [1.54, 1.807) is 25.5 Å². The van der Waals surface area contributed by atoms with Crippen LogP contribution in [-0.4, -0.2) is 28.5 Å². The lowest BCUT2D eigenvalue weighted by atomic mass is 10.2. The smallest absolute Gasteiger partial charge is 0.271 e. The van der Waals surface area contributed by atoms with E-state index in [0.717, 1.165) is 17.3 Å². The van der Waals surface area contributed by atoms with Gasteiger partial charge in [-0.25, -0.2) is 5.43 Å². The number of hydrogen-bond acceptors (Lipinski definition) is 7. The van der Waals surface area contributed by atoms with Crippen molar-refractivity contribution in [2.24, 2.45) is 5.10 Å². The molecule has 9 heteroatoms. The van der Waals surface area contributed by atoms with Crippen molar-refractivity contribution in [2.75, 3.05) is 12.5 Å². The van der Waals surface area contributed by atoms with Crippen molar-refractivity contribution in [2.45, 2.75) is 6.61 Å². The quantitative estimate of drug-likeness (QED) is 0.479. The number of halogens is 1. The number of ether oxygens (including phenoxy) is 2. The molecule has 2 N–H and O–H groups in total. The summed E-state index contributed by atoms with van der Waals surface area (Å²) >= 11 is 5.88. The summed E-state index contributed by atoms with van der Waals surface area (Å²) < 4.78 is 11.2. The van der Waals surface area contributed by atoms with Crippen LogP contribution in [0, 0.1) is 0 Å². The molecule has 3 aromatic rings. The molecule has 3 rings (SSSR count). The van der Waals surface area contributed by atoms with Crippen molar-refractivity contribution in [3.63, 3.8) is 0 Å². The number of benzene rings is 2. The number of H-pyrrole nitrogens is 1. The Bertz CT molecular complexity index is 989. The summed E-state index contributed by atoms with van der Waals surface area (Å²) in [5.41, 5.74) is 3.99. The molecular weight excluding hydrogens is 370 g/mol. The molecule has 0 amide bonds. The van der Waals surface area contributed by atoms with E-state index < -0.39 is 0 Å². The Morgan fingerprint density at radius 2 is 2.04 bits per heavy atom. The molecule has 0 unspecified atom stereocenters. The van der Waals surface area contributed by atoms with Crippen molar-refractivity contribution in [3.05, 3.63) is 75.2 Å². The highest BCUT2D eigenvalue weighted by Crippen LogP contribution is 2.28. The Kier molecular flexibility index (Phi) is 6.01. The minimum absolute atomic E-state index is 0.147. The third kappa shape index (κ3) is 5.29. The molecule has 138 valence electrons. The third-order valence-electron chi connectivity index (χ3n) is 3.45. The van der Waals surface area contributed by atoms with Crippen LogP contribution in [0.1, 0.15) is 11.1 Å². The molecule has 0 aliphatic rings. The number of nitrogens with one attached hydrogen (secondary N) is 2. The molecule has 0 spiro atoms. The Balaban J connectivity index is 1.65. The minimum atomic E-state index is -0.369. The van der Waals surface area contributed by atoms with E-state index in [1.807, 2.05) is 30.3 Å². The Hall–Kier alpha value is -3.39.